The largest absolute Gasteiger partial charge is 0.493 e. The number of piperidine rings is 1. The first-order valence-electron chi connectivity index (χ1n) is 11.6. The summed E-state index contributed by atoms with van der Waals surface area (Å²) in [7, 11) is 3.28. The van der Waals surface area contributed by atoms with Gasteiger partial charge in [0.15, 0.2) is 11.5 Å². The number of aliphatic carboxylic acids is 1. The number of carboxylic acid groups (broad SMARTS) is 1. The summed E-state index contributed by atoms with van der Waals surface area (Å²) < 4.78 is 17.7. The summed E-state index contributed by atoms with van der Waals surface area (Å²) in [5.41, 5.74) is 3.07. The van der Waals surface area contributed by atoms with Crippen molar-refractivity contribution in [1.82, 2.24) is 4.90 Å². The van der Waals surface area contributed by atoms with Crippen molar-refractivity contribution in [3.8, 4) is 17.2 Å². The second-order valence-corrected chi connectivity index (χ2v) is 8.45. The number of hydrogen-bond acceptors (Lipinski definition) is 5. The molecule has 4 rings (SSSR count). The van der Waals surface area contributed by atoms with Crippen molar-refractivity contribution in [1.29, 1.82) is 0 Å². The summed E-state index contributed by atoms with van der Waals surface area (Å²) >= 11 is 0. The molecular weight excluding hydrogens is 430 g/mol. The number of para-hydroxylation sites is 2. The summed E-state index contributed by atoms with van der Waals surface area (Å²) in [6.45, 7) is 1.78. The molecule has 1 heterocycles. The molecule has 3 aromatic rings. The van der Waals surface area contributed by atoms with Gasteiger partial charge in [-0.3, -0.25) is 9.69 Å². The lowest BCUT2D eigenvalue weighted by molar-refractivity contribution is -0.143. The van der Waals surface area contributed by atoms with Crippen LogP contribution in [0.4, 0.5) is 0 Å². The fraction of sp³-hybridized carbons (Fsp3) is 0.321. The van der Waals surface area contributed by atoms with Gasteiger partial charge in [0.2, 0.25) is 0 Å². The number of ether oxygens (including phenoxy) is 3. The zero-order chi connectivity index (χ0) is 23.9. The highest BCUT2D eigenvalue weighted by Gasteiger charge is 2.33. The maximum atomic E-state index is 11.6. The van der Waals surface area contributed by atoms with Crippen molar-refractivity contribution in [2.75, 3.05) is 27.3 Å². The third kappa shape index (κ3) is 5.18. The molecule has 3 aromatic carbocycles. The number of rotatable bonds is 9. The van der Waals surface area contributed by atoms with Crippen molar-refractivity contribution in [3.63, 3.8) is 0 Å². The van der Waals surface area contributed by atoms with Crippen LogP contribution in [0.5, 0.6) is 17.2 Å². The molecule has 0 saturated carbocycles. The van der Waals surface area contributed by atoms with E-state index in [9.17, 15) is 9.90 Å². The Balaban J connectivity index is 1.73. The van der Waals surface area contributed by atoms with Crippen molar-refractivity contribution >= 4 is 5.97 Å². The van der Waals surface area contributed by atoms with Crippen LogP contribution in [0.2, 0.25) is 0 Å². The molecular formula is C28H31NO5. The van der Waals surface area contributed by atoms with Gasteiger partial charge in [-0.2, -0.15) is 0 Å². The highest BCUT2D eigenvalue weighted by atomic mass is 16.5. The van der Waals surface area contributed by atoms with Crippen LogP contribution >= 0.6 is 0 Å². The number of likely N-dealkylation sites (tertiary alicyclic amines) is 1. The Morgan fingerprint density at radius 2 is 1.53 bits per heavy atom. The molecule has 1 atom stereocenters. The van der Waals surface area contributed by atoms with Crippen LogP contribution in [-0.2, 0) is 11.4 Å². The van der Waals surface area contributed by atoms with E-state index in [0.29, 0.717) is 44.0 Å². The zero-order valence-corrected chi connectivity index (χ0v) is 19.6. The molecule has 6 nitrogen and oxygen atoms in total. The predicted octanol–water partition coefficient (Wildman–Crippen LogP) is 5.17. The maximum absolute atomic E-state index is 11.6. The normalized spacial score (nSPS) is 15.5. The molecule has 6 heteroatoms. The molecule has 178 valence electrons. The first-order chi connectivity index (χ1) is 16.6. The van der Waals surface area contributed by atoms with E-state index in [1.54, 1.807) is 14.2 Å². The molecule has 0 amide bonds. The molecule has 0 radical (unpaired) electrons. The molecule has 1 fully saturated rings. The number of benzene rings is 3. The van der Waals surface area contributed by atoms with Crippen LogP contribution in [0.15, 0.2) is 72.8 Å². The fourth-order valence-corrected chi connectivity index (χ4v) is 4.67. The predicted molar refractivity (Wildman–Crippen MR) is 131 cm³/mol. The van der Waals surface area contributed by atoms with Gasteiger partial charge in [-0.05, 0) is 43.6 Å². The minimum absolute atomic E-state index is 0.174. The smallest absolute Gasteiger partial charge is 0.306 e. The average molecular weight is 462 g/mol. The second kappa shape index (κ2) is 11.1. The topological polar surface area (TPSA) is 68.2 Å². The molecule has 0 bridgehead atoms. The maximum Gasteiger partial charge on any atom is 0.306 e. The van der Waals surface area contributed by atoms with Crippen molar-refractivity contribution in [3.05, 3.63) is 89.5 Å². The van der Waals surface area contributed by atoms with Gasteiger partial charge in [-0.15, -0.1) is 0 Å². The van der Waals surface area contributed by atoms with E-state index in [-0.39, 0.29) is 12.0 Å². The van der Waals surface area contributed by atoms with Crippen LogP contribution in [0.25, 0.3) is 0 Å². The van der Waals surface area contributed by atoms with Gasteiger partial charge in [0.25, 0.3) is 0 Å². The Morgan fingerprint density at radius 3 is 2.21 bits per heavy atom. The van der Waals surface area contributed by atoms with Gasteiger partial charge < -0.3 is 19.3 Å². The van der Waals surface area contributed by atoms with Crippen molar-refractivity contribution < 1.29 is 24.1 Å². The highest BCUT2D eigenvalue weighted by Crippen LogP contribution is 2.43. The van der Waals surface area contributed by atoms with E-state index in [2.05, 4.69) is 11.0 Å². The third-order valence-electron chi connectivity index (χ3n) is 6.42. The number of carbonyl (C=O) groups is 1. The monoisotopic (exact) mass is 461 g/mol. The Bertz CT molecular complexity index is 1090. The highest BCUT2D eigenvalue weighted by molar-refractivity contribution is 5.70. The molecule has 1 saturated heterocycles. The van der Waals surface area contributed by atoms with Gasteiger partial charge in [0, 0.05) is 11.1 Å². The lowest BCUT2D eigenvalue weighted by Gasteiger charge is -2.38. The van der Waals surface area contributed by atoms with Crippen LogP contribution < -0.4 is 14.2 Å². The molecule has 0 aliphatic carbocycles. The van der Waals surface area contributed by atoms with Gasteiger partial charge >= 0.3 is 5.97 Å². The minimum Gasteiger partial charge on any atom is -0.493 e. The Morgan fingerprint density at radius 1 is 0.882 bits per heavy atom. The molecule has 1 N–H and O–H groups in total. The van der Waals surface area contributed by atoms with E-state index in [4.69, 9.17) is 14.2 Å². The van der Waals surface area contributed by atoms with E-state index in [1.807, 2.05) is 66.7 Å². The third-order valence-corrected chi connectivity index (χ3v) is 6.42. The van der Waals surface area contributed by atoms with E-state index < -0.39 is 5.97 Å². The van der Waals surface area contributed by atoms with Crippen LogP contribution in [-0.4, -0.2) is 43.3 Å². The summed E-state index contributed by atoms with van der Waals surface area (Å²) in [5.74, 6) is 1.10. The molecule has 0 aromatic heterocycles. The van der Waals surface area contributed by atoms with E-state index >= 15 is 0 Å². The van der Waals surface area contributed by atoms with Gasteiger partial charge in [-0.25, -0.2) is 0 Å². The Kier molecular flexibility index (Phi) is 7.70. The van der Waals surface area contributed by atoms with E-state index in [0.717, 1.165) is 22.4 Å². The number of methoxy groups -OCH3 is 2. The molecule has 1 aliphatic heterocycles. The number of nitrogens with zero attached hydrogens (tertiary/aromatic N) is 1. The van der Waals surface area contributed by atoms with Gasteiger partial charge in [0.1, 0.15) is 12.4 Å². The van der Waals surface area contributed by atoms with Crippen LogP contribution in [0.1, 0.15) is 35.6 Å². The summed E-state index contributed by atoms with van der Waals surface area (Å²) in [6.07, 6.45) is 1.20. The SMILES string of the molecule is COc1cccc(C(c2ccccc2OCc2ccccc2)N2CCC(C(=O)O)CC2)c1OC. The fourth-order valence-electron chi connectivity index (χ4n) is 4.67. The number of hydrogen-bond donors (Lipinski definition) is 1. The summed E-state index contributed by atoms with van der Waals surface area (Å²) in [4.78, 5) is 13.9. The molecule has 0 spiro atoms. The Labute approximate surface area is 200 Å². The van der Waals surface area contributed by atoms with Crippen molar-refractivity contribution in [2.45, 2.75) is 25.5 Å². The first-order valence-corrected chi connectivity index (χ1v) is 11.6. The first kappa shape index (κ1) is 23.6. The molecule has 34 heavy (non-hydrogen) atoms. The lowest BCUT2D eigenvalue weighted by atomic mass is 9.90. The van der Waals surface area contributed by atoms with Crippen molar-refractivity contribution in [2.24, 2.45) is 5.92 Å². The Hall–Kier alpha value is -3.51. The van der Waals surface area contributed by atoms with Crippen LogP contribution in [0.3, 0.4) is 0 Å². The van der Waals surface area contributed by atoms with E-state index in [1.165, 1.54) is 0 Å². The minimum atomic E-state index is -0.721. The quantitative estimate of drug-likeness (QED) is 0.474. The summed E-state index contributed by atoms with van der Waals surface area (Å²) in [6, 6.07) is 23.8. The number of carboxylic acids is 1. The average Bonchev–Trinajstić information content (AvgIpc) is 2.89. The molecule has 1 unspecified atom stereocenters. The van der Waals surface area contributed by atoms with Gasteiger partial charge in [-0.1, -0.05) is 60.7 Å². The second-order valence-electron chi connectivity index (χ2n) is 8.45. The lowest BCUT2D eigenvalue weighted by Crippen LogP contribution is -2.39. The van der Waals surface area contributed by atoms with Crippen LogP contribution in [0, 0.1) is 5.92 Å². The molecule has 1 aliphatic rings. The van der Waals surface area contributed by atoms with Gasteiger partial charge in [0.05, 0.1) is 26.2 Å². The standard InChI is InChI=1S/C28H31NO5/c1-32-25-14-8-12-23(27(25)33-2)26(29-17-15-21(16-18-29)28(30)31)22-11-6-7-13-24(22)34-19-20-9-4-3-5-10-20/h3-14,21,26H,15-19H2,1-2H3,(H,30,31). The summed E-state index contributed by atoms with van der Waals surface area (Å²) in [5, 5.41) is 9.49. The zero-order valence-electron chi connectivity index (χ0n) is 19.6.